The summed E-state index contributed by atoms with van der Waals surface area (Å²) < 4.78 is 5.53. The van der Waals surface area contributed by atoms with Crippen molar-refractivity contribution in [2.45, 2.75) is 26.8 Å². The molecule has 0 aliphatic carbocycles. The number of amides is 1. The van der Waals surface area contributed by atoms with Crippen LogP contribution in [-0.2, 0) is 0 Å². The van der Waals surface area contributed by atoms with E-state index in [4.69, 9.17) is 4.74 Å². The van der Waals surface area contributed by atoms with E-state index in [2.05, 4.69) is 10.3 Å². The van der Waals surface area contributed by atoms with Gasteiger partial charge in [0.25, 0.3) is 5.91 Å². The third-order valence-electron chi connectivity index (χ3n) is 3.75. The van der Waals surface area contributed by atoms with Crippen LogP contribution in [0.4, 0.5) is 0 Å². The van der Waals surface area contributed by atoms with Gasteiger partial charge in [-0.2, -0.15) is 0 Å². The van der Waals surface area contributed by atoms with Crippen LogP contribution in [0.3, 0.4) is 0 Å². The Hall–Kier alpha value is -2.18. The standard InChI is InChI=1S/C19H20N2O2S2/c1-4-23-15-8-5-7-14(11-15)12(2)20-18(22)17-13(3)21-19(25-17)16-9-6-10-24-16/h5-12H,4H2,1-3H3,(H,20,22). The fourth-order valence-corrected chi connectivity index (χ4v) is 4.26. The molecule has 0 fully saturated rings. The van der Waals surface area contributed by atoms with Gasteiger partial charge in [0.05, 0.1) is 23.2 Å². The van der Waals surface area contributed by atoms with Crippen molar-refractivity contribution < 1.29 is 9.53 Å². The minimum Gasteiger partial charge on any atom is -0.494 e. The second-order valence-electron chi connectivity index (χ2n) is 5.61. The summed E-state index contributed by atoms with van der Waals surface area (Å²) in [4.78, 5) is 19.0. The molecule has 0 saturated heterocycles. The van der Waals surface area contributed by atoms with Crippen molar-refractivity contribution in [2.24, 2.45) is 0 Å². The number of rotatable bonds is 6. The molecule has 1 aromatic carbocycles. The SMILES string of the molecule is CCOc1cccc(C(C)NC(=O)c2sc(-c3cccs3)nc2C)c1. The summed E-state index contributed by atoms with van der Waals surface area (Å²) in [5, 5.41) is 5.97. The maximum atomic E-state index is 12.7. The van der Waals surface area contributed by atoms with Gasteiger partial charge in [-0.05, 0) is 49.9 Å². The van der Waals surface area contributed by atoms with Crippen LogP contribution in [0, 0.1) is 6.92 Å². The largest absolute Gasteiger partial charge is 0.494 e. The predicted molar refractivity (Wildman–Crippen MR) is 104 cm³/mol. The van der Waals surface area contributed by atoms with Crippen LogP contribution in [-0.4, -0.2) is 17.5 Å². The molecule has 0 saturated carbocycles. The van der Waals surface area contributed by atoms with E-state index in [9.17, 15) is 4.79 Å². The lowest BCUT2D eigenvalue weighted by Gasteiger charge is -2.15. The molecule has 0 aliphatic rings. The van der Waals surface area contributed by atoms with Crippen molar-refractivity contribution >= 4 is 28.6 Å². The molecule has 1 amide bonds. The van der Waals surface area contributed by atoms with E-state index in [1.807, 2.05) is 62.5 Å². The number of hydrogen-bond acceptors (Lipinski definition) is 5. The highest BCUT2D eigenvalue weighted by Crippen LogP contribution is 2.31. The number of ether oxygens (including phenoxy) is 1. The molecule has 4 nitrogen and oxygen atoms in total. The number of nitrogens with zero attached hydrogens (tertiary/aromatic N) is 1. The summed E-state index contributed by atoms with van der Waals surface area (Å²) in [6, 6.07) is 11.7. The van der Waals surface area contributed by atoms with Crippen molar-refractivity contribution in [1.29, 1.82) is 0 Å². The van der Waals surface area contributed by atoms with Gasteiger partial charge in [0.1, 0.15) is 15.6 Å². The van der Waals surface area contributed by atoms with Crippen molar-refractivity contribution in [3.63, 3.8) is 0 Å². The number of carbonyl (C=O) groups is 1. The summed E-state index contributed by atoms with van der Waals surface area (Å²) in [6.07, 6.45) is 0. The highest BCUT2D eigenvalue weighted by atomic mass is 32.1. The topological polar surface area (TPSA) is 51.2 Å². The molecule has 3 aromatic rings. The molecular formula is C19H20N2O2S2. The van der Waals surface area contributed by atoms with Crippen LogP contribution >= 0.6 is 22.7 Å². The van der Waals surface area contributed by atoms with E-state index in [1.165, 1.54) is 11.3 Å². The maximum Gasteiger partial charge on any atom is 0.263 e. The fourth-order valence-electron chi connectivity index (χ4n) is 2.50. The zero-order chi connectivity index (χ0) is 17.8. The summed E-state index contributed by atoms with van der Waals surface area (Å²) in [5.74, 6) is 0.724. The van der Waals surface area contributed by atoms with Gasteiger partial charge in [-0.15, -0.1) is 22.7 Å². The van der Waals surface area contributed by atoms with Gasteiger partial charge in [0.2, 0.25) is 0 Å². The van der Waals surface area contributed by atoms with Gasteiger partial charge in [-0.3, -0.25) is 4.79 Å². The van der Waals surface area contributed by atoms with E-state index in [0.29, 0.717) is 11.5 Å². The van der Waals surface area contributed by atoms with Crippen LogP contribution in [0.5, 0.6) is 5.75 Å². The van der Waals surface area contributed by atoms with Crippen LogP contribution in [0.1, 0.15) is 40.8 Å². The molecule has 0 aliphatic heterocycles. The van der Waals surface area contributed by atoms with Crippen LogP contribution in [0.15, 0.2) is 41.8 Å². The number of nitrogens with one attached hydrogen (secondary N) is 1. The average molecular weight is 373 g/mol. The second-order valence-corrected chi connectivity index (χ2v) is 7.56. The number of thiophene rings is 1. The summed E-state index contributed by atoms with van der Waals surface area (Å²) in [6.45, 7) is 6.42. The normalized spacial score (nSPS) is 12.0. The van der Waals surface area contributed by atoms with E-state index >= 15 is 0 Å². The Morgan fingerprint density at radius 1 is 1.32 bits per heavy atom. The number of thiazole rings is 1. The first-order valence-corrected chi connectivity index (χ1v) is 9.83. The molecule has 25 heavy (non-hydrogen) atoms. The Kier molecular flexibility index (Phi) is 5.50. The highest BCUT2D eigenvalue weighted by Gasteiger charge is 2.19. The van der Waals surface area contributed by atoms with Crippen LogP contribution in [0.25, 0.3) is 9.88 Å². The Labute approximate surface area is 155 Å². The Morgan fingerprint density at radius 3 is 2.88 bits per heavy atom. The van der Waals surface area contributed by atoms with Crippen LogP contribution < -0.4 is 10.1 Å². The maximum absolute atomic E-state index is 12.7. The number of aromatic nitrogens is 1. The molecule has 0 spiro atoms. The van der Waals surface area contributed by atoms with Gasteiger partial charge in [-0.1, -0.05) is 18.2 Å². The predicted octanol–water partition coefficient (Wildman–Crippen LogP) is 5.07. The summed E-state index contributed by atoms with van der Waals surface area (Å²) in [5.41, 5.74) is 1.78. The molecule has 130 valence electrons. The highest BCUT2D eigenvalue weighted by molar-refractivity contribution is 7.22. The minimum atomic E-state index is -0.111. The second kappa shape index (κ2) is 7.80. The molecule has 2 aromatic heterocycles. The Balaban J connectivity index is 1.75. The first-order chi connectivity index (χ1) is 12.1. The monoisotopic (exact) mass is 372 g/mol. The number of aryl methyl sites for hydroxylation is 1. The third kappa shape index (κ3) is 4.08. The first-order valence-electron chi connectivity index (χ1n) is 8.13. The van der Waals surface area contributed by atoms with Gasteiger partial charge >= 0.3 is 0 Å². The Bertz CT molecular complexity index is 856. The van der Waals surface area contributed by atoms with E-state index in [0.717, 1.165) is 26.9 Å². The van der Waals surface area contributed by atoms with Crippen molar-refractivity contribution in [3.05, 3.63) is 57.9 Å². The van der Waals surface area contributed by atoms with Gasteiger partial charge in [-0.25, -0.2) is 4.98 Å². The fraction of sp³-hybridized carbons (Fsp3) is 0.263. The molecule has 1 atom stereocenters. The van der Waals surface area contributed by atoms with E-state index in [-0.39, 0.29) is 11.9 Å². The van der Waals surface area contributed by atoms with E-state index in [1.54, 1.807) is 11.3 Å². The average Bonchev–Trinajstić information content (AvgIpc) is 3.24. The molecule has 6 heteroatoms. The lowest BCUT2D eigenvalue weighted by Crippen LogP contribution is -2.26. The van der Waals surface area contributed by atoms with Crippen molar-refractivity contribution in [2.75, 3.05) is 6.61 Å². The smallest absolute Gasteiger partial charge is 0.263 e. The molecule has 0 bridgehead atoms. The zero-order valence-electron chi connectivity index (χ0n) is 14.4. The number of carbonyl (C=O) groups excluding carboxylic acids is 1. The molecule has 0 radical (unpaired) electrons. The first kappa shape index (κ1) is 17.6. The van der Waals surface area contributed by atoms with Crippen LogP contribution in [0.2, 0.25) is 0 Å². The van der Waals surface area contributed by atoms with Gasteiger partial charge < -0.3 is 10.1 Å². The number of benzene rings is 1. The Morgan fingerprint density at radius 2 is 2.16 bits per heavy atom. The molecule has 3 rings (SSSR count). The molecule has 1 unspecified atom stereocenters. The lowest BCUT2D eigenvalue weighted by molar-refractivity contribution is 0.0943. The minimum absolute atomic E-state index is 0.0906. The van der Waals surface area contributed by atoms with Crippen molar-refractivity contribution in [3.8, 4) is 15.6 Å². The van der Waals surface area contributed by atoms with Crippen molar-refractivity contribution in [1.82, 2.24) is 10.3 Å². The number of hydrogen-bond donors (Lipinski definition) is 1. The van der Waals surface area contributed by atoms with Gasteiger partial charge in [0.15, 0.2) is 0 Å². The zero-order valence-corrected chi connectivity index (χ0v) is 16.0. The van der Waals surface area contributed by atoms with E-state index < -0.39 is 0 Å². The third-order valence-corrected chi connectivity index (χ3v) is 5.95. The molecule has 1 N–H and O–H groups in total. The summed E-state index contributed by atoms with van der Waals surface area (Å²) >= 11 is 3.07. The lowest BCUT2D eigenvalue weighted by atomic mass is 10.1. The quantitative estimate of drug-likeness (QED) is 0.657. The molecule has 2 heterocycles. The summed E-state index contributed by atoms with van der Waals surface area (Å²) in [7, 11) is 0. The molecular weight excluding hydrogens is 352 g/mol. The van der Waals surface area contributed by atoms with Gasteiger partial charge in [0, 0.05) is 0 Å².